The molecule has 1 unspecified atom stereocenters. The first-order valence-electron chi connectivity index (χ1n) is 5.53. The van der Waals surface area contributed by atoms with Gasteiger partial charge in [0.05, 0.1) is 12.7 Å². The number of nitriles is 1. The van der Waals surface area contributed by atoms with E-state index < -0.39 is 0 Å². The summed E-state index contributed by atoms with van der Waals surface area (Å²) in [5, 5.41) is 12.3. The molecule has 0 bridgehead atoms. The maximum absolute atomic E-state index is 9.15. The summed E-state index contributed by atoms with van der Waals surface area (Å²) in [6, 6.07) is 10.1. The zero-order valence-electron chi connectivity index (χ0n) is 9.86. The van der Waals surface area contributed by atoms with Crippen molar-refractivity contribution in [1.29, 1.82) is 5.26 Å². The molecule has 0 saturated carbocycles. The highest BCUT2D eigenvalue weighted by Crippen LogP contribution is 2.17. The third-order valence-electron chi connectivity index (χ3n) is 2.53. The van der Waals surface area contributed by atoms with Gasteiger partial charge in [-0.1, -0.05) is 31.2 Å². The lowest BCUT2D eigenvalue weighted by Crippen LogP contribution is -2.24. The predicted octanol–water partition coefficient (Wildman–Crippen LogP) is 2.05. The molecule has 0 fully saturated rings. The lowest BCUT2D eigenvalue weighted by Gasteiger charge is -2.14. The minimum absolute atomic E-state index is 0.244. The van der Waals surface area contributed by atoms with E-state index in [0.717, 1.165) is 12.0 Å². The van der Waals surface area contributed by atoms with Gasteiger partial charge in [-0.05, 0) is 17.5 Å². The molecule has 0 radical (unpaired) electrons. The molecule has 0 heterocycles. The first-order valence-corrected chi connectivity index (χ1v) is 5.53. The summed E-state index contributed by atoms with van der Waals surface area (Å²) >= 11 is 0. The summed E-state index contributed by atoms with van der Waals surface area (Å²) in [6.45, 7) is 3.40. The lowest BCUT2D eigenvalue weighted by atomic mass is 9.99. The van der Waals surface area contributed by atoms with Gasteiger partial charge in [-0.25, -0.2) is 0 Å². The van der Waals surface area contributed by atoms with Crippen LogP contribution in [-0.2, 0) is 11.2 Å². The molecule has 0 aliphatic heterocycles. The van der Waals surface area contributed by atoms with Crippen molar-refractivity contribution < 1.29 is 4.74 Å². The van der Waals surface area contributed by atoms with E-state index in [1.807, 2.05) is 18.2 Å². The number of rotatable bonds is 6. The molecule has 1 aromatic carbocycles. The number of aryl methyl sites for hydroxylation is 1. The van der Waals surface area contributed by atoms with Gasteiger partial charge < -0.3 is 4.74 Å². The Balaban J connectivity index is 2.75. The summed E-state index contributed by atoms with van der Waals surface area (Å²) < 4.78 is 4.96. The van der Waals surface area contributed by atoms with Crippen molar-refractivity contribution in [2.45, 2.75) is 19.4 Å². The van der Waals surface area contributed by atoms with E-state index in [4.69, 9.17) is 10.00 Å². The minimum Gasteiger partial charge on any atom is -0.383 e. The molecule has 1 atom stereocenters. The van der Waals surface area contributed by atoms with Crippen LogP contribution in [0.15, 0.2) is 24.3 Å². The minimum atomic E-state index is -0.244. The van der Waals surface area contributed by atoms with E-state index in [1.165, 1.54) is 5.56 Å². The molecule has 3 nitrogen and oxygen atoms in total. The Bertz CT molecular complexity index is 357. The topological polar surface area (TPSA) is 45.0 Å². The van der Waals surface area contributed by atoms with Gasteiger partial charge in [-0.2, -0.15) is 5.26 Å². The molecule has 0 amide bonds. The summed E-state index contributed by atoms with van der Waals surface area (Å²) in [6.07, 6.45) is 0.945. The molecule has 0 aliphatic carbocycles. The van der Waals surface area contributed by atoms with E-state index in [2.05, 4.69) is 24.4 Å². The Morgan fingerprint density at radius 2 is 2.19 bits per heavy atom. The van der Waals surface area contributed by atoms with Crippen LogP contribution >= 0.6 is 0 Å². The first kappa shape index (κ1) is 12.7. The molecule has 1 rings (SSSR count). The maximum atomic E-state index is 9.15. The van der Waals surface area contributed by atoms with E-state index in [1.54, 1.807) is 7.11 Å². The Morgan fingerprint density at radius 1 is 1.44 bits per heavy atom. The average molecular weight is 218 g/mol. The third-order valence-corrected chi connectivity index (χ3v) is 2.53. The zero-order chi connectivity index (χ0) is 11.8. The maximum Gasteiger partial charge on any atom is 0.121 e. The van der Waals surface area contributed by atoms with Crippen LogP contribution < -0.4 is 5.32 Å². The van der Waals surface area contributed by atoms with Gasteiger partial charge in [-0.15, -0.1) is 0 Å². The number of nitrogens with one attached hydrogen (secondary N) is 1. The fraction of sp³-hybridized carbons (Fsp3) is 0.462. The van der Waals surface area contributed by atoms with Gasteiger partial charge in [0, 0.05) is 13.7 Å². The fourth-order valence-corrected chi connectivity index (χ4v) is 1.67. The molecule has 1 aromatic rings. The SMILES string of the molecule is CCc1ccccc1C(C#N)NCCOC. The van der Waals surface area contributed by atoms with Crippen molar-refractivity contribution in [3.05, 3.63) is 35.4 Å². The van der Waals surface area contributed by atoms with Gasteiger partial charge in [0.15, 0.2) is 0 Å². The van der Waals surface area contributed by atoms with Gasteiger partial charge in [0.25, 0.3) is 0 Å². The largest absolute Gasteiger partial charge is 0.383 e. The summed E-state index contributed by atoms with van der Waals surface area (Å²) in [5.74, 6) is 0. The molecule has 0 spiro atoms. The molecule has 16 heavy (non-hydrogen) atoms. The van der Waals surface area contributed by atoms with E-state index in [9.17, 15) is 0 Å². The van der Waals surface area contributed by atoms with Crippen molar-refractivity contribution in [3.63, 3.8) is 0 Å². The highest BCUT2D eigenvalue weighted by molar-refractivity contribution is 5.33. The normalized spacial score (nSPS) is 12.1. The molecule has 3 heteroatoms. The highest BCUT2D eigenvalue weighted by Gasteiger charge is 2.12. The van der Waals surface area contributed by atoms with Gasteiger partial charge in [-0.3, -0.25) is 5.32 Å². The van der Waals surface area contributed by atoms with Crippen LogP contribution in [-0.4, -0.2) is 20.3 Å². The number of methoxy groups -OCH3 is 1. The van der Waals surface area contributed by atoms with Crippen LogP contribution in [0.5, 0.6) is 0 Å². The number of ether oxygens (including phenoxy) is 1. The summed E-state index contributed by atoms with van der Waals surface area (Å²) in [7, 11) is 1.66. The van der Waals surface area contributed by atoms with Crippen molar-refractivity contribution in [3.8, 4) is 6.07 Å². The van der Waals surface area contributed by atoms with E-state index in [0.29, 0.717) is 13.2 Å². The van der Waals surface area contributed by atoms with Crippen molar-refractivity contribution in [1.82, 2.24) is 5.32 Å². The molecular weight excluding hydrogens is 200 g/mol. The lowest BCUT2D eigenvalue weighted by molar-refractivity contribution is 0.198. The van der Waals surface area contributed by atoms with E-state index in [-0.39, 0.29) is 6.04 Å². The molecular formula is C13H18N2O. The Hall–Kier alpha value is -1.37. The monoisotopic (exact) mass is 218 g/mol. The Kier molecular flexibility index (Phi) is 5.55. The van der Waals surface area contributed by atoms with Crippen LogP contribution in [0.3, 0.4) is 0 Å². The standard InChI is InChI=1S/C13H18N2O/c1-3-11-6-4-5-7-12(11)13(10-14)15-8-9-16-2/h4-7,13,15H,3,8-9H2,1-2H3. The van der Waals surface area contributed by atoms with Gasteiger partial charge in [0.2, 0.25) is 0 Å². The van der Waals surface area contributed by atoms with Crippen molar-refractivity contribution >= 4 is 0 Å². The van der Waals surface area contributed by atoms with Crippen molar-refractivity contribution in [2.24, 2.45) is 0 Å². The Morgan fingerprint density at radius 3 is 2.81 bits per heavy atom. The molecule has 0 aliphatic rings. The van der Waals surface area contributed by atoms with Crippen LogP contribution in [0.4, 0.5) is 0 Å². The first-order chi connectivity index (χ1) is 7.83. The highest BCUT2D eigenvalue weighted by atomic mass is 16.5. The predicted molar refractivity (Wildman–Crippen MR) is 64.1 cm³/mol. The van der Waals surface area contributed by atoms with Gasteiger partial charge >= 0.3 is 0 Å². The number of hydrogen-bond donors (Lipinski definition) is 1. The average Bonchev–Trinajstić information content (AvgIpc) is 2.35. The fourth-order valence-electron chi connectivity index (χ4n) is 1.67. The molecule has 0 aromatic heterocycles. The second-order valence-electron chi connectivity index (χ2n) is 3.56. The molecule has 0 saturated heterocycles. The van der Waals surface area contributed by atoms with E-state index >= 15 is 0 Å². The van der Waals surface area contributed by atoms with Crippen LogP contribution in [0.25, 0.3) is 0 Å². The molecule has 1 N–H and O–H groups in total. The number of nitrogens with zero attached hydrogens (tertiary/aromatic N) is 1. The number of benzene rings is 1. The second-order valence-corrected chi connectivity index (χ2v) is 3.56. The quantitative estimate of drug-likeness (QED) is 0.743. The zero-order valence-corrected chi connectivity index (χ0v) is 9.86. The van der Waals surface area contributed by atoms with Gasteiger partial charge in [0.1, 0.15) is 6.04 Å². The summed E-state index contributed by atoms with van der Waals surface area (Å²) in [5.41, 5.74) is 2.29. The second kappa shape index (κ2) is 7.00. The van der Waals surface area contributed by atoms with Crippen LogP contribution in [0, 0.1) is 11.3 Å². The molecule has 86 valence electrons. The summed E-state index contributed by atoms with van der Waals surface area (Å²) in [4.78, 5) is 0. The number of hydrogen-bond acceptors (Lipinski definition) is 3. The van der Waals surface area contributed by atoms with Crippen molar-refractivity contribution in [2.75, 3.05) is 20.3 Å². The van der Waals surface area contributed by atoms with Crippen LogP contribution in [0.1, 0.15) is 24.1 Å². The Labute approximate surface area is 97.0 Å². The van der Waals surface area contributed by atoms with Crippen LogP contribution in [0.2, 0.25) is 0 Å². The third kappa shape index (κ3) is 3.34. The smallest absolute Gasteiger partial charge is 0.121 e.